The minimum atomic E-state index is -0.481. The summed E-state index contributed by atoms with van der Waals surface area (Å²) >= 11 is 1.46. The summed E-state index contributed by atoms with van der Waals surface area (Å²) in [7, 11) is 0. The van der Waals surface area contributed by atoms with Gasteiger partial charge in [0.25, 0.3) is 5.91 Å². The van der Waals surface area contributed by atoms with Crippen LogP contribution in [0.1, 0.15) is 46.1 Å². The van der Waals surface area contributed by atoms with Crippen LogP contribution in [0.2, 0.25) is 0 Å². The number of aryl methyl sites for hydroxylation is 1. The number of para-hydroxylation sites is 1. The molecule has 0 fully saturated rings. The molecule has 1 aliphatic rings. The first-order chi connectivity index (χ1) is 12.6. The van der Waals surface area contributed by atoms with Crippen LogP contribution < -0.4 is 15.8 Å². The van der Waals surface area contributed by atoms with Gasteiger partial charge in [0.15, 0.2) is 0 Å². The number of primary amides is 1. The number of nitrogens with two attached hydrogens (primary N) is 1. The normalized spacial score (nSPS) is 13.4. The molecule has 2 aromatic rings. The lowest BCUT2D eigenvalue weighted by atomic mass is 9.95. The highest BCUT2D eigenvalue weighted by molar-refractivity contribution is 7.17. The van der Waals surface area contributed by atoms with Crippen LogP contribution in [-0.2, 0) is 17.6 Å². The highest BCUT2D eigenvalue weighted by Gasteiger charge is 2.24. The lowest BCUT2D eigenvalue weighted by Gasteiger charge is -2.11. The SMILES string of the molecule is CCOc1ccccc1/C=C/C(=O)Nc1sc2c(c1C(N)=O)CCCC2. The number of hydrogen-bond acceptors (Lipinski definition) is 4. The van der Waals surface area contributed by atoms with Gasteiger partial charge in [0.2, 0.25) is 5.91 Å². The Bertz CT molecular complexity index is 855. The van der Waals surface area contributed by atoms with E-state index in [0.717, 1.165) is 47.4 Å². The first-order valence-corrected chi connectivity index (χ1v) is 9.57. The number of nitrogens with one attached hydrogen (secondary N) is 1. The molecule has 0 aliphatic heterocycles. The standard InChI is InChI=1S/C20H22N2O3S/c1-2-25-15-9-5-3-7-13(15)11-12-17(23)22-20-18(19(21)24)14-8-4-6-10-16(14)26-20/h3,5,7,9,11-12H,2,4,6,8,10H2,1H3,(H2,21,24)(H,22,23)/b12-11+. The Balaban J connectivity index is 1.79. The second kappa shape index (κ2) is 8.19. The minimum Gasteiger partial charge on any atom is -0.493 e. The van der Waals surface area contributed by atoms with Crippen LogP contribution in [0.25, 0.3) is 6.08 Å². The van der Waals surface area contributed by atoms with E-state index in [-0.39, 0.29) is 5.91 Å². The monoisotopic (exact) mass is 370 g/mol. The molecule has 0 radical (unpaired) electrons. The average molecular weight is 370 g/mol. The molecular formula is C20H22N2O3S. The van der Waals surface area contributed by atoms with E-state index < -0.39 is 5.91 Å². The Morgan fingerprint density at radius 1 is 1.27 bits per heavy atom. The molecule has 26 heavy (non-hydrogen) atoms. The van der Waals surface area contributed by atoms with E-state index in [9.17, 15) is 9.59 Å². The maximum Gasteiger partial charge on any atom is 0.251 e. The second-order valence-corrected chi connectivity index (χ2v) is 7.18. The maximum absolute atomic E-state index is 12.4. The summed E-state index contributed by atoms with van der Waals surface area (Å²) in [5.74, 6) is -0.0498. The van der Waals surface area contributed by atoms with Gasteiger partial charge in [0.1, 0.15) is 10.8 Å². The van der Waals surface area contributed by atoms with Crippen molar-refractivity contribution < 1.29 is 14.3 Å². The summed E-state index contributed by atoms with van der Waals surface area (Å²) in [5, 5.41) is 3.37. The summed E-state index contributed by atoms with van der Waals surface area (Å²) < 4.78 is 5.55. The number of carbonyl (C=O) groups is 2. The summed E-state index contributed by atoms with van der Waals surface area (Å²) in [5.41, 5.74) is 7.87. The van der Waals surface area contributed by atoms with Crippen molar-refractivity contribution in [2.24, 2.45) is 5.73 Å². The molecule has 136 valence electrons. The molecule has 0 unspecified atom stereocenters. The number of hydrogen-bond donors (Lipinski definition) is 2. The molecule has 0 saturated heterocycles. The lowest BCUT2D eigenvalue weighted by Crippen LogP contribution is -2.17. The third-order valence-electron chi connectivity index (χ3n) is 4.29. The molecule has 1 aromatic carbocycles. The number of rotatable bonds is 6. The second-order valence-electron chi connectivity index (χ2n) is 6.07. The molecule has 1 aromatic heterocycles. The Labute approximate surface area is 156 Å². The zero-order valence-electron chi connectivity index (χ0n) is 14.7. The van der Waals surface area contributed by atoms with Gasteiger partial charge in [0, 0.05) is 16.5 Å². The number of carbonyl (C=O) groups excluding carboxylic acids is 2. The van der Waals surface area contributed by atoms with Crippen LogP contribution in [0.4, 0.5) is 5.00 Å². The van der Waals surface area contributed by atoms with Gasteiger partial charge in [-0.05, 0) is 50.3 Å². The quantitative estimate of drug-likeness (QED) is 0.759. The van der Waals surface area contributed by atoms with Crippen LogP contribution in [0.5, 0.6) is 5.75 Å². The van der Waals surface area contributed by atoms with Gasteiger partial charge in [-0.25, -0.2) is 0 Å². The van der Waals surface area contributed by atoms with Crippen LogP contribution in [0.15, 0.2) is 30.3 Å². The van der Waals surface area contributed by atoms with E-state index in [2.05, 4.69) is 5.32 Å². The number of benzene rings is 1. The summed E-state index contributed by atoms with van der Waals surface area (Å²) in [6.45, 7) is 2.47. The van der Waals surface area contributed by atoms with E-state index in [1.807, 2.05) is 31.2 Å². The summed E-state index contributed by atoms with van der Waals surface area (Å²) in [4.78, 5) is 25.4. The summed E-state index contributed by atoms with van der Waals surface area (Å²) in [6.07, 6.45) is 7.09. The third kappa shape index (κ3) is 3.96. The molecule has 0 spiro atoms. The largest absolute Gasteiger partial charge is 0.493 e. The molecule has 5 nitrogen and oxygen atoms in total. The van der Waals surface area contributed by atoms with Crippen molar-refractivity contribution in [1.29, 1.82) is 0 Å². The first-order valence-electron chi connectivity index (χ1n) is 8.75. The summed E-state index contributed by atoms with van der Waals surface area (Å²) in [6, 6.07) is 7.52. The average Bonchev–Trinajstić information content (AvgIpc) is 2.99. The maximum atomic E-state index is 12.4. The molecule has 0 atom stereocenters. The Morgan fingerprint density at radius 2 is 2.04 bits per heavy atom. The van der Waals surface area contributed by atoms with E-state index in [1.54, 1.807) is 6.08 Å². The van der Waals surface area contributed by atoms with Crippen molar-refractivity contribution in [2.75, 3.05) is 11.9 Å². The van der Waals surface area contributed by atoms with Gasteiger partial charge < -0.3 is 15.8 Å². The number of anilines is 1. The van der Waals surface area contributed by atoms with Crippen LogP contribution in [0, 0.1) is 0 Å². The molecular weight excluding hydrogens is 348 g/mol. The third-order valence-corrected chi connectivity index (χ3v) is 5.49. The Morgan fingerprint density at radius 3 is 2.81 bits per heavy atom. The number of amides is 2. The fourth-order valence-electron chi connectivity index (χ4n) is 3.14. The fraction of sp³-hybridized carbons (Fsp3) is 0.300. The van der Waals surface area contributed by atoms with Crippen molar-refractivity contribution in [1.82, 2.24) is 0 Å². The molecule has 2 amide bonds. The fourth-order valence-corrected chi connectivity index (χ4v) is 4.44. The number of thiophene rings is 1. The van der Waals surface area contributed by atoms with E-state index in [0.29, 0.717) is 17.2 Å². The smallest absolute Gasteiger partial charge is 0.251 e. The molecule has 0 saturated carbocycles. The molecule has 3 rings (SSSR count). The van der Waals surface area contributed by atoms with Gasteiger partial charge in [-0.15, -0.1) is 11.3 Å². The van der Waals surface area contributed by atoms with E-state index in [1.165, 1.54) is 17.4 Å². The Kier molecular flexibility index (Phi) is 5.73. The van der Waals surface area contributed by atoms with Gasteiger partial charge in [-0.1, -0.05) is 18.2 Å². The van der Waals surface area contributed by atoms with Crippen molar-refractivity contribution in [3.8, 4) is 5.75 Å². The zero-order chi connectivity index (χ0) is 18.5. The van der Waals surface area contributed by atoms with Gasteiger partial charge >= 0.3 is 0 Å². The van der Waals surface area contributed by atoms with Crippen LogP contribution in [0.3, 0.4) is 0 Å². The highest BCUT2D eigenvalue weighted by atomic mass is 32.1. The Hall–Kier alpha value is -2.60. The van der Waals surface area contributed by atoms with Crippen molar-refractivity contribution in [3.05, 3.63) is 51.9 Å². The molecule has 3 N–H and O–H groups in total. The van der Waals surface area contributed by atoms with Crippen LogP contribution >= 0.6 is 11.3 Å². The minimum absolute atomic E-state index is 0.294. The predicted molar refractivity (Wildman–Crippen MR) is 105 cm³/mol. The predicted octanol–water partition coefficient (Wildman–Crippen LogP) is 3.78. The van der Waals surface area contributed by atoms with Gasteiger partial charge in [0.05, 0.1) is 12.2 Å². The topological polar surface area (TPSA) is 81.4 Å². The zero-order valence-corrected chi connectivity index (χ0v) is 15.5. The van der Waals surface area contributed by atoms with Crippen molar-refractivity contribution >= 4 is 34.2 Å². The highest BCUT2D eigenvalue weighted by Crippen LogP contribution is 2.37. The van der Waals surface area contributed by atoms with Gasteiger partial charge in [-0.3, -0.25) is 9.59 Å². The van der Waals surface area contributed by atoms with Crippen molar-refractivity contribution in [2.45, 2.75) is 32.6 Å². The van der Waals surface area contributed by atoms with Crippen LogP contribution in [-0.4, -0.2) is 18.4 Å². The molecule has 6 heteroatoms. The lowest BCUT2D eigenvalue weighted by molar-refractivity contribution is -0.111. The van der Waals surface area contributed by atoms with Gasteiger partial charge in [-0.2, -0.15) is 0 Å². The van der Waals surface area contributed by atoms with Crippen molar-refractivity contribution in [3.63, 3.8) is 0 Å². The molecule has 0 bridgehead atoms. The molecule has 1 aliphatic carbocycles. The van der Waals surface area contributed by atoms with E-state index in [4.69, 9.17) is 10.5 Å². The molecule has 1 heterocycles. The number of fused-ring (bicyclic) bond motifs is 1. The number of ether oxygens (including phenoxy) is 1. The van der Waals surface area contributed by atoms with E-state index >= 15 is 0 Å². The first kappa shape index (κ1) is 18.2.